The molecule has 2 aliphatic carbocycles. The van der Waals surface area contributed by atoms with Crippen LogP contribution >= 0.6 is 0 Å². The van der Waals surface area contributed by atoms with E-state index in [-0.39, 0.29) is 35.4 Å². The summed E-state index contributed by atoms with van der Waals surface area (Å²) in [6.07, 6.45) is 0. The lowest BCUT2D eigenvalue weighted by molar-refractivity contribution is -0.120. The first-order valence-electron chi connectivity index (χ1n) is 18.4. The van der Waals surface area contributed by atoms with Crippen molar-refractivity contribution in [3.63, 3.8) is 0 Å². The minimum absolute atomic E-state index is 0.0373. The van der Waals surface area contributed by atoms with Crippen molar-refractivity contribution in [3.05, 3.63) is 148 Å². The van der Waals surface area contributed by atoms with Crippen LogP contribution < -0.4 is 31.3 Å². The van der Waals surface area contributed by atoms with Crippen molar-refractivity contribution in [2.45, 2.75) is 6.54 Å². The number of hydrogen-bond donors (Lipinski definition) is 5. The number of anilines is 1. The number of carboxylic acids is 1. The number of carbonyl (C=O) groups is 3. The Morgan fingerprint density at radius 3 is 2.10 bits per heavy atom. The second-order valence-electron chi connectivity index (χ2n) is 14.1. The molecule has 0 saturated carbocycles. The van der Waals surface area contributed by atoms with Gasteiger partial charge in [0, 0.05) is 82.1 Å². The molecule has 12 nitrogen and oxygen atoms in total. The van der Waals surface area contributed by atoms with E-state index >= 15 is 0 Å². The van der Waals surface area contributed by atoms with Gasteiger partial charge >= 0.3 is 5.97 Å². The predicted molar refractivity (Wildman–Crippen MR) is 222 cm³/mol. The first-order valence-corrected chi connectivity index (χ1v) is 18.4. The maximum Gasteiger partial charge on any atom is 0.336 e. The Morgan fingerprint density at radius 1 is 0.690 bits per heavy atom. The van der Waals surface area contributed by atoms with E-state index < -0.39 is 17.8 Å². The average molecular weight is 774 g/mol. The van der Waals surface area contributed by atoms with Crippen LogP contribution in [0, 0.1) is 0 Å². The van der Waals surface area contributed by atoms with Crippen LogP contribution in [0.1, 0.15) is 26.3 Å². The van der Waals surface area contributed by atoms with Crippen molar-refractivity contribution in [1.29, 1.82) is 0 Å². The summed E-state index contributed by atoms with van der Waals surface area (Å²) >= 11 is 0. The monoisotopic (exact) mass is 773 g/mol. The Kier molecular flexibility index (Phi) is 9.67. The van der Waals surface area contributed by atoms with Crippen molar-refractivity contribution < 1.29 is 33.4 Å². The number of fused-ring (bicyclic) bond motifs is 4. The molecule has 0 radical (unpaired) electrons. The molecule has 4 aliphatic rings. The zero-order chi connectivity index (χ0) is 40.7. The molecule has 58 heavy (non-hydrogen) atoms. The Morgan fingerprint density at radius 2 is 1.36 bits per heavy atom. The highest BCUT2D eigenvalue weighted by atomic mass is 16.4. The van der Waals surface area contributed by atoms with Crippen LogP contribution in [0.4, 0.5) is 5.69 Å². The van der Waals surface area contributed by atoms with Crippen molar-refractivity contribution >= 4 is 45.4 Å². The normalized spacial score (nSPS) is 11.2. The quantitative estimate of drug-likeness (QED) is 0.0800. The maximum absolute atomic E-state index is 13.3. The zero-order valence-electron chi connectivity index (χ0n) is 31.7. The number of phenols is 1. The molecule has 4 aromatic rings. The van der Waals surface area contributed by atoms with Gasteiger partial charge in [0.2, 0.25) is 11.3 Å². The molecule has 8 rings (SSSR count). The Labute approximate surface area is 331 Å². The van der Waals surface area contributed by atoms with Crippen LogP contribution in [0.3, 0.4) is 0 Å². The van der Waals surface area contributed by atoms with E-state index in [1.165, 1.54) is 24.3 Å². The molecule has 2 aliphatic heterocycles. The topological polar surface area (TPSA) is 174 Å². The van der Waals surface area contributed by atoms with Gasteiger partial charge in [0.25, 0.3) is 5.91 Å². The second kappa shape index (κ2) is 15.1. The molecular weight excluding hydrogens is 737 g/mol. The number of carbonyl (C=O) groups excluding carboxylic acids is 2. The van der Waals surface area contributed by atoms with Crippen LogP contribution in [0.15, 0.2) is 129 Å². The van der Waals surface area contributed by atoms with Gasteiger partial charge in [-0.2, -0.15) is 0 Å². The number of phenolic OH excluding ortho intramolecular Hbond substituents is 1. The highest BCUT2D eigenvalue weighted by molar-refractivity contribution is 6.09. The third-order valence-electron chi connectivity index (χ3n) is 10.1. The van der Waals surface area contributed by atoms with Gasteiger partial charge in [-0.25, -0.2) is 9.37 Å². The standard InChI is InChI=1S/C46H36N4O8/c1-47-28-9-14-35-38(19-28)57-39-20-29(50(2)3)10-15-36(39)44(35)32-13-8-27(18-37(32)46(55)56)45(54)49-24-42(53)48-23-25-4-6-26(7-5-25)43-33-16-11-30(51)21-40(33)58-41-22-31(52)12-17-34(41)43/h4-22H,23-24H2,1-3H3,(H4,48,49,51,52,53,54,55,56)/p+1. The van der Waals surface area contributed by atoms with E-state index in [0.717, 1.165) is 38.7 Å². The molecule has 4 aromatic carbocycles. The van der Waals surface area contributed by atoms with E-state index in [1.807, 2.05) is 79.3 Å². The largest absolute Gasteiger partial charge is 0.508 e. The number of benzene rings is 6. The van der Waals surface area contributed by atoms with Crippen LogP contribution in [0.5, 0.6) is 5.75 Å². The summed E-state index contributed by atoms with van der Waals surface area (Å²) in [6, 6.07) is 32.8. The van der Waals surface area contributed by atoms with Gasteiger partial charge in [-0.05, 0) is 71.3 Å². The summed E-state index contributed by atoms with van der Waals surface area (Å²) in [5.41, 5.74) is 6.59. The fourth-order valence-electron chi connectivity index (χ4n) is 7.17. The molecule has 12 heteroatoms. The lowest BCUT2D eigenvalue weighted by Crippen LogP contribution is -2.36. The van der Waals surface area contributed by atoms with Gasteiger partial charge in [0.1, 0.15) is 42.5 Å². The summed E-state index contributed by atoms with van der Waals surface area (Å²) in [7, 11) is 5.65. The predicted octanol–water partition coefficient (Wildman–Crippen LogP) is 6.61. The number of aromatic carboxylic acids is 1. The molecule has 0 atom stereocenters. The van der Waals surface area contributed by atoms with Crippen molar-refractivity contribution in [2.75, 3.05) is 33.0 Å². The second-order valence-corrected chi connectivity index (χ2v) is 14.1. The first-order chi connectivity index (χ1) is 28.0. The van der Waals surface area contributed by atoms with E-state index in [9.17, 15) is 29.4 Å². The van der Waals surface area contributed by atoms with Crippen LogP contribution in [0.25, 0.3) is 66.8 Å². The fourth-order valence-corrected chi connectivity index (χ4v) is 7.17. The third kappa shape index (κ3) is 7.10. The molecule has 288 valence electrons. The molecule has 2 amide bonds. The fraction of sp³-hybridized carbons (Fsp3) is 0.109. The molecule has 0 aromatic heterocycles. The molecular formula is C46H37N4O8+. The number of rotatable bonds is 9. The highest BCUT2D eigenvalue weighted by Gasteiger charge is 2.24. The minimum atomic E-state index is -1.22. The van der Waals surface area contributed by atoms with E-state index in [1.54, 1.807) is 37.4 Å². The SMILES string of the molecule is CNc1ccc2c(-c3ccc(C(=O)NCC(=O)NCc4ccc(-c5c6ccc(=O)cc-6oc6cc(O)ccc56)cc4)cc3C(=O)O)c3ccc(=[N+](C)C)cc-3oc2c1. The number of carboxylic acid groups (broad SMARTS) is 1. The number of amides is 2. The van der Waals surface area contributed by atoms with Gasteiger partial charge in [0.15, 0.2) is 5.43 Å². The number of aromatic hydroxyl groups is 1. The molecule has 0 spiro atoms. The molecule has 0 bridgehead atoms. The summed E-state index contributed by atoms with van der Waals surface area (Å²) in [4.78, 5) is 51.0. The molecule has 0 unspecified atom stereocenters. The first kappa shape index (κ1) is 37.2. The Balaban J connectivity index is 0.991. The molecule has 5 N–H and O–H groups in total. The minimum Gasteiger partial charge on any atom is -0.508 e. The third-order valence-corrected chi connectivity index (χ3v) is 10.1. The van der Waals surface area contributed by atoms with Gasteiger partial charge in [-0.3, -0.25) is 14.4 Å². The highest BCUT2D eigenvalue weighted by Crippen LogP contribution is 2.43. The smallest absolute Gasteiger partial charge is 0.336 e. The van der Waals surface area contributed by atoms with Crippen molar-refractivity contribution in [1.82, 2.24) is 15.2 Å². The van der Waals surface area contributed by atoms with E-state index in [0.29, 0.717) is 44.8 Å². The number of hydrogen-bond acceptors (Lipinski definition) is 8. The molecule has 2 heterocycles. The zero-order valence-corrected chi connectivity index (χ0v) is 31.7. The van der Waals surface area contributed by atoms with Crippen molar-refractivity contribution in [3.8, 4) is 50.7 Å². The summed E-state index contributed by atoms with van der Waals surface area (Å²) in [6.45, 7) is -0.151. The van der Waals surface area contributed by atoms with Gasteiger partial charge < -0.3 is 35.0 Å². The maximum atomic E-state index is 13.3. The Bertz CT molecular complexity index is 3010. The van der Waals surface area contributed by atoms with Crippen LogP contribution in [-0.4, -0.2) is 55.7 Å². The van der Waals surface area contributed by atoms with Gasteiger partial charge in [-0.15, -0.1) is 0 Å². The van der Waals surface area contributed by atoms with Crippen molar-refractivity contribution in [2.24, 2.45) is 0 Å². The van der Waals surface area contributed by atoms with Gasteiger partial charge in [0.05, 0.1) is 18.2 Å². The van der Waals surface area contributed by atoms with E-state index in [4.69, 9.17) is 8.83 Å². The molecule has 0 saturated heterocycles. The summed E-state index contributed by atoms with van der Waals surface area (Å²) < 4.78 is 14.2. The van der Waals surface area contributed by atoms with E-state index in [2.05, 4.69) is 16.0 Å². The number of nitrogens with one attached hydrogen (secondary N) is 3. The van der Waals surface area contributed by atoms with Gasteiger partial charge in [-0.1, -0.05) is 30.3 Å². The van der Waals surface area contributed by atoms with Crippen LogP contribution in [0.2, 0.25) is 0 Å². The number of nitrogens with zero attached hydrogens (tertiary/aromatic N) is 1. The Hall–Kier alpha value is -7.73. The average Bonchev–Trinajstić information content (AvgIpc) is 3.22. The van der Waals surface area contributed by atoms with Crippen LogP contribution in [-0.2, 0) is 11.3 Å². The summed E-state index contributed by atoms with van der Waals surface area (Å²) in [5, 5.41) is 31.3. The lowest BCUT2D eigenvalue weighted by atomic mass is 9.89. The lowest BCUT2D eigenvalue weighted by Gasteiger charge is -2.18. The summed E-state index contributed by atoms with van der Waals surface area (Å²) in [5.74, 6) is -1.26. The molecule has 0 fully saturated rings.